The van der Waals surface area contributed by atoms with Crippen LogP contribution in [0.15, 0.2) is 0 Å². The molecule has 0 spiro atoms. The third kappa shape index (κ3) is 0.909. The molecule has 0 aromatic rings. The molecule has 68 valence electrons. The summed E-state index contributed by atoms with van der Waals surface area (Å²) in [6, 6.07) is -0.209. The average molecular weight is 236 g/mol. The van der Waals surface area contributed by atoms with E-state index in [9.17, 15) is 9.18 Å². The van der Waals surface area contributed by atoms with Crippen molar-refractivity contribution in [2.24, 2.45) is 11.8 Å². The smallest absolute Gasteiger partial charge is 0.174 e. The first-order valence-corrected chi connectivity index (χ1v) is 4.84. The number of rotatable bonds is 1. The Labute approximate surface area is 79.2 Å². The monoisotopic (exact) mass is 235 g/mol. The molecule has 0 aromatic heterocycles. The highest BCUT2D eigenvalue weighted by Gasteiger charge is 2.73. The molecule has 2 aliphatic rings. The Kier molecular flexibility index (Phi) is 1.65. The maximum absolute atomic E-state index is 13.4. The highest BCUT2D eigenvalue weighted by Crippen LogP contribution is 2.64. The van der Waals surface area contributed by atoms with Crippen molar-refractivity contribution in [1.82, 2.24) is 4.90 Å². The van der Waals surface area contributed by atoms with E-state index in [-0.39, 0.29) is 23.7 Å². The molecular formula is C8H11BrFNO. The van der Waals surface area contributed by atoms with Crippen molar-refractivity contribution in [3.63, 3.8) is 0 Å². The van der Waals surface area contributed by atoms with E-state index in [0.29, 0.717) is 6.54 Å². The third-order valence-electron chi connectivity index (χ3n) is 2.98. The highest BCUT2D eigenvalue weighted by atomic mass is 79.9. The quantitative estimate of drug-likeness (QED) is 0.637. The normalized spacial score (nSPS) is 52.2. The van der Waals surface area contributed by atoms with Crippen LogP contribution in [0.5, 0.6) is 0 Å². The number of halogens is 2. The summed E-state index contributed by atoms with van der Waals surface area (Å²) in [5.74, 6) is -0.0135. The molecule has 0 N–H and O–H groups in total. The van der Waals surface area contributed by atoms with E-state index in [1.807, 2.05) is 11.9 Å². The fourth-order valence-electron chi connectivity index (χ4n) is 2.34. The molecule has 1 saturated heterocycles. The SMILES string of the molecule is CC(=O)[C@@H]1[C@@H]2[C@H](CN1C)C2(F)Br. The van der Waals surface area contributed by atoms with Gasteiger partial charge in [-0.1, -0.05) is 0 Å². The fraction of sp³-hybridized carbons (Fsp3) is 0.875. The van der Waals surface area contributed by atoms with Crippen molar-refractivity contribution in [3.8, 4) is 0 Å². The van der Waals surface area contributed by atoms with Gasteiger partial charge in [0.2, 0.25) is 0 Å². The van der Waals surface area contributed by atoms with Gasteiger partial charge in [-0.3, -0.25) is 9.69 Å². The molecule has 1 heterocycles. The lowest BCUT2D eigenvalue weighted by Crippen LogP contribution is -2.38. The van der Waals surface area contributed by atoms with Gasteiger partial charge in [-0.15, -0.1) is 0 Å². The Bertz CT molecular complexity index is 243. The summed E-state index contributed by atoms with van der Waals surface area (Å²) in [6.45, 7) is 2.22. The van der Waals surface area contributed by atoms with Crippen LogP contribution >= 0.6 is 15.9 Å². The second-order valence-corrected chi connectivity index (χ2v) is 5.02. The standard InChI is InChI=1S/C8H11BrFNO/c1-4(12)7-6-5(3-11(7)2)8(6,9)10/h5-7H,3H2,1-2H3/t5-,6-,7+,8?/m0/s1. The predicted octanol–water partition coefficient (Wildman–Crippen LogP) is 1.20. The molecule has 2 rings (SSSR count). The summed E-state index contributed by atoms with van der Waals surface area (Å²) >= 11 is 3.02. The maximum atomic E-state index is 13.4. The molecular weight excluding hydrogens is 225 g/mol. The number of carbonyl (C=O) groups excluding carboxylic acids is 1. The van der Waals surface area contributed by atoms with Gasteiger partial charge < -0.3 is 0 Å². The number of Topliss-reactive ketones (excluding diaryl/α,β-unsaturated/α-hetero) is 1. The van der Waals surface area contributed by atoms with Crippen LogP contribution in [0.1, 0.15) is 6.92 Å². The largest absolute Gasteiger partial charge is 0.298 e. The zero-order chi connectivity index (χ0) is 9.09. The van der Waals surface area contributed by atoms with Crippen LogP contribution in [0.2, 0.25) is 0 Å². The van der Waals surface area contributed by atoms with E-state index >= 15 is 0 Å². The van der Waals surface area contributed by atoms with Gasteiger partial charge in [-0.05, 0) is 29.9 Å². The molecule has 1 aliphatic carbocycles. The minimum atomic E-state index is -1.25. The number of likely N-dealkylation sites (tertiary alicyclic amines) is 1. The van der Waals surface area contributed by atoms with Crippen molar-refractivity contribution in [2.45, 2.75) is 17.5 Å². The Morgan fingerprint density at radius 2 is 2.33 bits per heavy atom. The Morgan fingerprint density at radius 3 is 2.67 bits per heavy atom. The van der Waals surface area contributed by atoms with Crippen LogP contribution in [-0.2, 0) is 4.79 Å². The van der Waals surface area contributed by atoms with Gasteiger partial charge in [0, 0.05) is 18.4 Å². The van der Waals surface area contributed by atoms with Crippen molar-refractivity contribution >= 4 is 21.7 Å². The van der Waals surface area contributed by atoms with E-state index in [1.54, 1.807) is 0 Å². The van der Waals surface area contributed by atoms with E-state index in [0.717, 1.165) is 0 Å². The third-order valence-corrected chi connectivity index (χ3v) is 4.10. The number of nitrogens with zero attached hydrogens (tertiary/aromatic N) is 1. The first kappa shape index (κ1) is 8.63. The number of hydrogen-bond acceptors (Lipinski definition) is 2. The van der Waals surface area contributed by atoms with E-state index in [1.165, 1.54) is 6.92 Å². The number of alkyl halides is 2. The van der Waals surface area contributed by atoms with Crippen LogP contribution in [0.3, 0.4) is 0 Å². The number of fused-ring (bicyclic) bond motifs is 1. The van der Waals surface area contributed by atoms with E-state index < -0.39 is 4.58 Å². The average Bonchev–Trinajstić information content (AvgIpc) is 2.40. The van der Waals surface area contributed by atoms with Crippen LogP contribution in [0, 0.1) is 11.8 Å². The fourth-order valence-corrected chi connectivity index (χ4v) is 3.21. The topological polar surface area (TPSA) is 20.3 Å². The summed E-state index contributed by atoms with van der Waals surface area (Å²) in [5, 5.41) is 0. The van der Waals surface area contributed by atoms with Gasteiger partial charge in [0.25, 0.3) is 0 Å². The number of likely N-dealkylation sites (N-methyl/N-ethyl adjacent to an activating group) is 1. The van der Waals surface area contributed by atoms with Gasteiger partial charge in [0.05, 0.1) is 6.04 Å². The van der Waals surface area contributed by atoms with Crippen molar-refractivity contribution in [1.29, 1.82) is 0 Å². The molecule has 2 fully saturated rings. The van der Waals surface area contributed by atoms with E-state index in [2.05, 4.69) is 15.9 Å². The van der Waals surface area contributed by atoms with Crippen LogP contribution in [0.4, 0.5) is 4.39 Å². The van der Waals surface area contributed by atoms with Gasteiger partial charge in [-0.25, -0.2) is 4.39 Å². The summed E-state index contributed by atoms with van der Waals surface area (Å²) < 4.78 is 12.2. The predicted molar refractivity (Wildman–Crippen MR) is 46.8 cm³/mol. The number of carbonyl (C=O) groups is 1. The first-order valence-electron chi connectivity index (χ1n) is 4.04. The second kappa shape index (κ2) is 2.29. The number of piperidine rings is 1. The Hall–Kier alpha value is 0.0400. The molecule has 0 radical (unpaired) electrons. The molecule has 2 nitrogen and oxygen atoms in total. The zero-order valence-electron chi connectivity index (χ0n) is 7.05. The Morgan fingerprint density at radius 1 is 1.75 bits per heavy atom. The minimum absolute atomic E-state index is 0.0244. The van der Waals surface area contributed by atoms with Crippen LogP contribution < -0.4 is 0 Å². The molecule has 4 heteroatoms. The molecule has 12 heavy (non-hydrogen) atoms. The second-order valence-electron chi connectivity index (χ2n) is 3.80. The summed E-state index contributed by atoms with van der Waals surface area (Å²) in [5.41, 5.74) is 0. The van der Waals surface area contributed by atoms with Gasteiger partial charge in [-0.2, -0.15) is 0 Å². The van der Waals surface area contributed by atoms with Gasteiger partial charge >= 0.3 is 0 Å². The number of ketones is 1. The lowest BCUT2D eigenvalue weighted by Gasteiger charge is -2.22. The van der Waals surface area contributed by atoms with Crippen LogP contribution in [-0.4, -0.2) is 34.9 Å². The molecule has 0 aromatic carbocycles. The summed E-state index contributed by atoms with van der Waals surface area (Å²) in [6.07, 6.45) is 0. The molecule has 0 amide bonds. The van der Waals surface area contributed by atoms with E-state index in [4.69, 9.17) is 0 Å². The lowest BCUT2D eigenvalue weighted by atomic mass is 10.1. The molecule has 1 saturated carbocycles. The molecule has 0 bridgehead atoms. The van der Waals surface area contributed by atoms with Crippen molar-refractivity contribution in [2.75, 3.05) is 13.6 Å². The maximum Gasteiger partial charge on any atom is 0.174 e. The minimum Gasteiger partial charge on any atom is -0.298 e. The zero-order valence-corrected chi connectivity index (χ0v) is 8.64. The lowest BCUT2D eigenvalue weighted by molar-refractivity contribution is -0.121. The molecule has 4 atom stereocenters. The van der Waals surface area contributed by atoms with Crippen LogP contribution in [0.25, 0.3) is 0 Å². The highest BCUT2D eigenvalue weighted by molar-refractivity contribution is 9.10. The van der Waals surface area contributed by atoms with Gasteiger partial charge in [0.1, 0.15) is 5.78 Å². The number of hydrogen-bond donors (Lipinski definition) is 0. The first-order chi connectivity index (χ1) is 5.46. The van der Waals surface area contributed by atoms with Crippen molar-refractivity contribution in [3.05, 3.63) is 0 Å². The molecule has 1 aliphatic heterocycles. The van der Waals surface area contributed by atoms with Crippen molar-refractivity contribution < 1.29 is 9.18 Å². The molecule has 1 unspecified atom stereocenters. The Balaban J connectivity index is 2.19. The summed E-state index contributed by atoms with van der Waals surface area (Å²) in [4.78, 5) is 13.1. The van der Waals surface area contributed by atoms with Gasteiger partial charge in [0.15, 0.2) is 4.58 Å². The summed E-state index contributed by atoms with van der Waals surface area (Å²) in [7, 11) is 1.88.